The molecule has 82 valence electrons. The predicted octanol–water partition coefficient (Wildman–Crippen LogP) is 1.39. The third-order valence-electron chi connectivity index (χ3n) is 2.42. The van der Waals surface area contributed by atoms with Crippen LogP contribution in [0.1, 0.15) is 26.3 Å². The van der Waals surface area contributed by atoms with Gasteiger partial charge in [-0.05, 0) is 26.3 Å². The van der Waals surface area contributed by atoms with Crippen LogP contribution in [0.5, 0.6) is 0 Å². The zero-order valence-electron chi connectivity index (χ0n) is 9.45. The van der Waals surface area contributed by atoms with Crippen molar-refractivity contribution < 1.29 is 4.79 Å². The Kier molecular flexibility index (Phi) is 3.48. The predicted molar refractivity (Wildman–Crippen MR) is 61.3 cm³/mol. The van der Waals surface area contributed by atoms with E-state index in [9.17, 15) is 4.79 Å². The molecule has 0 bridgehead atoms. The first-order chi connectivity index (χ1) is 6.97. The van der Waals surface area contributed by atoms with Gasteiger partial charge in [0, 0.05) is 6.04 Å². The Morgan fingerprint density at radius 3 is 2.27 bits per heavy atom. The highest BCUT2D eigenvalue weighted by Crippen LogP contribution is 2.20. The van der Waals surface area contributed by atoms with Crippen molar-refractivity contribution in [3.05, 3.63) is 35.9 Å². The quantitative estimate of drug-likeness (QED) is 0.782. The van der Waals surface area contributed by atoms with Gasteiger partial charge in [-0.2, -0.15) is 0 Å². The molecule has 0 aliphatic heterocycles. The van der Waals surface area contributed by atoms with Crippen LogP contribution in [0.3, 0.4) is 0 Å². The maximum Gasteiger partial charge on any atom is 0.242 e. The smallest absolute Gasteiger partial charge is 0.242 e. The van der Waals surface area contributed by atoms with E-state index in [0.717, 1.165) is 5.56 Å². The van der Waals surface area contributed by atoms with Crippen molar-refractivity contribution in [1.29, 1.82) is 0 Å². The van der Waals surface area contributed by atoms with E-state index in [-0.39, 0.29) is 11.9 Å². The molecule has 1 amide bonds. The first-order valence-corrected chi connectivity index (χ1v) is 5.10. The summed E-state index contributed by atoms with van der Waals surface area (Å²) >= 11 is 0. The lowest BCUT2D eigenvalue weighted by Crippen LogP contribution is -2.52. The molecule has 0 fully saturated rings. The molecule has 0 radical (unpaired) electrons. The van der Waals surface area contributed by atoms with Crippen molar-refractivity contribution in [2.45, 2.75) is 32.4 Å². The largest absolute Gasteiger partial charge is 0.368 e. The fraction of sp³-hybridized carbons (Fsp3) is 0.417. The number of rotatable bonds is 4. The highest BCUT2D eigenvalue weighted by molar-refractivity contribution is 5.85. The van der Waals surface area contributed by atoms with E-state index >= 15 is 0 Å². The summed E-state index contributed by atoms with van der Waals surface area (Å²) in [4.78, 5) is 11.5. The number of primary amides is 1. The molecule has 0 aliphatic rings. The van der Waals surface area contributed by atoms with Gasteiger partial charge in [0.15, 0.2) is 0 Å². The van der Waals surface area contributed by atoms with Crippen LogP contribution in [0.25, 0.3) is 0 Å². The minimum Gasteiger partial charge on any atom is -0.368 e. The van der Waals surface area contributed by atoms with Gasteiger partial charge in [0.05, 0.1) is 0 Å². The van der Waals surface area contributed by atoms with Crippen molar-refractivity contribution in [3.63, 3.8) is 0 Å². The van der Waals surface area contributed by atoms with E-state index in [1.807, 2.05) is 51.1 Å². The summed E-state index contributed by atoms with van der Waals surface area (Å²) in [7, 11) is 0. The summed E-state index contributed by atoms with van der Waals surface area (Å²) in [6.07, 6.45) is 0. The first-order valence-electron chi connectivity index (χ1n) is 5.10. The Morgan fingerprint density at radius 1 is 1.33 bits per heavy atom. The summed E-state index contributed by atoms with van der Waals surface area (Å²) in [5, 5.41) is 3.20. The molecule has 3 nitrogen and oxygen atoms in total. The molecule has 1 aromatic carbocycles. The van der Waals surface area contributed by atoms with E-state index < -0.39 is 5.54 Å². The minimum atomic E-state index is -0.796. The highest BCUT2D eigenvalue weighted by atomic mass is 16.1. The molecule has 0 heterocycles. The van der Waals surface area contributed by atoms with Crippen LogP contribution in [0.15, 0.2) is 30.3 Å². The molecular weight excluding hydrogens is 188 g/mol. The normalized spacial score (nSPS) is 14.9. The van der Waals surface area contributed by atoms with Crippen LogP contribution >= 0.6 is 0 Å². The van der Waals surface area contributed by atoms with Crippen LogP contribution in [0, 0.1) is 0 Å². The standard InChI is InChI=1S/C12H18N2O/c1-9(2)14-12(3,11(13)15)10-7-5-4-6-8-10/h4-9,14H,1-3H3,(H2,13,15). The second kappa shape index (κ2) is 4.45. The highest BCUT2D eigenvalue weighted by Gasteiger charge is 2.33. The Morgan fingerprint density at radius 2 is 1.87 bits per heavy atom. The number of nitrogens with one attached hydrogen (secondary N) is 1. The molecule has 15 heavy (non-hydrogen) atoms. The van der Waals surface area contributed by atoms with Crippen LogP contribution in [-0.4, -0.2) is 11.9 Å². The van der Waals surface area contributed by atoms with Crippen molar-refractivity contribution in [2.75, 3.05) is 0 Å². The molecule has 3 N–H and O–H groups in total. The summed E-state index contributed by atoms with van der Waals surface area (Å²) < 4.78 is 0. The lowest BCUT2D eigenvalue weighted by molar-refractivity contribution is -0.124. The summed E-state index contributed by atoms with van der Waals surface area (Å²) in [6, 6.07) is 9.72. The fourth-order valence-electron chi connectivity index (χ4n) is 1.65. The number of nitrogens with two attached hydrogens (primary N) is 1. The van der Waals surface area contributed by atoms with Crippen molar-refractivity contribution >= 4 is 5.91 Å². The molecule has 1 unspecified atom stereocenters. The van der Waals surface area contributed by atoms with Gasteiger partial charge in [0.1, 0.15) is 5.54 Å². The number of carbonyl (C=O) groups is 1. The molecule has 1 aromatic rings. The molecule has 0 aliphatic carbocycles. The molecule has 0 spiro atoms. The molecular formula is C12H18N2O. The van der Waals surface area contributed by atoms with Crippen LogP contribution < -0.4 is 11.1 Å². The number of amides is 1. The van der Waals surface area contributed by atoms with Gasteiger partial charge < -0.3 is 5.73 Å². The Hall–Kier alpha value is -1.35. The van der Waals surface area contributed by atoms with Crippen molar-refractivity contribution in [1.82, 2.24) is 5.32 Å². The Labute approximate surface area is 90.7 Å². The van der Waals surface area contributed by atoms with Crippen molar-refractivity contribution in [3.8, 4) is 0 Å². The maximum absolute atomic E-state index is 11.5. The van der Waals surface area contributed by atoms with Crippen LogP contribution in [-0.2, 0) is 10.3 Å². The first kappa shape index (κ1) is 11.7. The molecule has 0 saturated heterocycles. The SMILES string of the molecule is CC(C)NC(C)(C(N)=O)c1ccccc1. The van der Waals surface area contributed by atoms with Crippen molar-refractivity contribution in [2.24, 2.45) is 5.73 Å². The van der Waals surface area contributed by atoms with Gasteiger partial charge >= 0.3 is 0 Å². The molecule has 3 heteroatoms. The third-order valence-corrected chi connectivity index (χ3v) is 2.42. The lowest BCUT2D eigenvalue weighted by atomic mass is 9.90. The lowest BCUT2D eigenvalue weighted by Gasteiger charge is -2.30. The minimum absolute atomic E-state index is 0.197. The topological polar surface area (TPSA) is 55.1 Å². The fourth-order valence-corrected chi connectivity index (χ4v) is 1.65. The molecule has 0 aromatic heterocycles. The van der Waals surface area contributed by atoms with E-state index in [4.69, 9.17) is 5.73 Å². The summed E-state index contributed by atoms with van der Waals surface area (Å²) in [5.74, 6) is -0.359. The van der Waals surface area contributed by atoms with Gasteiger partial charge in [-0.3, -0.25) is 10.1 Å². The zero-order valence-corrected chi connectivity index (χ0v) is 9.45. The van der Waals surface area contributed by atoms with Crippen LogP contribution in [0.4, 0.5) is 0 Å². The monoisotopic (exact) mass is 206 g/mol. The molecule has 1 rings (SSSR count). The molecule has 0 saturated carbocycles. The van der Waals surface area contributed by atoms with Gasteiger partial charge in [0.2, 0.25) is 5.91 Å². The summed E-state index contributed by atoms with van der Waals surface area (Å²) in [5.41, 5.74) is 5.55. The van der Waals surface area contributed by atoms with E-state index in [1.165, 1.54) is 0 Å². The Balaban J connectivity index is 3.07. The summed E-state index contributed by atoms with van der Waals surface area (Å²) in [6.45, 7) is 5.79. The number of benzene rings is 1. The van der Waals surface area contributed by atoms with E-state index in [1.54, 1.807) is 0 Å². The number of hydrogen-bond donors (Lipinski definition) is 2. The van der Waals surface area contributed by atoms with E-state index in [0.29, 0.717) is 0 Å². The zero-order chi connectivity index (χ0) is 11.5. The average Bonchev–Trinajstić information content (AvgIpc) is 2.17. The number of hydrogen-bond acceptors (Lipinski definition) is 2. The Bertz CT molecular complexity index is 335. The third kappa shape index (κ3) is 2.57. The van der Waals surface area contributed by atoms with Gasteiger partial charge in [0.25, 0.3) is 0 Å². The van der Waals surface area contributed by atoms with Gasteiger partial charge in [-0.25, -0.2) is 0 Å². The van der Waals surface area contributed by atoms with Gasteiger partial charge in [-0.1, -0.05) is 30.3 Å². The van der Waals surface area contributed by atoms with Crippen LogP contribution in [0.2, 0.25) is 0 Å². The maximum atomic E-state index is 11.5. The van der Waals surface area contributed by atoms with E-state index in [2.05, 4.69) is 5.32 Å². The molecule has 1 atom stereocenters. The average molecular weight is 206 g/mol. The second-order valence-corrected chi connectivity index (χ2v) is 4.15. The number of carbonyl (C=O) groups excluding carboxylic acids is 1. The second-order valence-electron chi connectivity index (χ2n) is 4.15. The van der Waals surface area contributed by atoms with Gasteiger partial charge in [-0.15, -0.1) is 0 Å².